The minimum atomic E-state index is -0.0613. The highest BCUT2D eigenvalue weighted by Crippen LogP contribution is 2.55. The lowest BCUT2D eigenvalue weighted by Gasteiger charge is -2.36. The molecule has 12 heavy (non-hydrogen) atoms. The minimum Gasteiger partial charge on any atom is -0.396 e. The predicted octanol–water partition coefficient (Wildman–Crippen LogP) is 0.799. The van der Waals surface area contributed by atoms with Crippen LogP contribution in [0.2, 0.25) is 0 Å². The first-order valence-corrected chi connectivity index (χ1v) is 4.62. The number of rotatable bonds is 2. The van der Waals surface area contributed by atoms with E-state index in [0.717, 1.165) is 6.42 Å². The molecule has 0 amide bonds. The van der Waals surface area contributed by atoms with Crippen molar-refractivity contribution < 1.29 is 10.2 Å². The molecule has 2 aliphatic rings. The SMILES string of the molecule is C[C@]1(CO)C2C=C[C@@H](C2)[C@@H]1CO. The Kier molecular flexibility index (Phi) is 1.77. The lowest BCUT2D eigenvalue weighted by molar-refractivity contribution is 0.0329. The van der Waals surface area contributed by atoms with Gasteiger partial charge in [-0.15, -0.1) is 0 Å². The van der Waals surface area contributed by atoms with Gasteiger partial charge in [0.25, 0.3) is 0 Å². The fourth-order valence-corrected chi connectivity index (χ4v) is 2.86. The van der Waals surface area contributed by atoms with Crippen LogP contribution < -0.4 is 0 Å². The van der Waals surface area contributed by atoms with E-state index in [1.54, 1.807) is 0 Å². The molecule has 0 aromatic rings. The van der Waals surface area contributed by atoms with E-state index < -0.39 is 0 Å². The number of aliphatic hydroxyl groups is 2. The van der Waals surface area contributed by atoms with Gasteiger partial charge < -0.3 is 10.2 Å². The van der Waals surface area contributed by atoms with Crippen molar-refractivity contribution in [1.29, 1.82) is 0 Å². The zero-order chi connectivity index (χ0) is 8.77. The third-order valence-electron chi connectivity index (χ3n) is 3.87. The third kappa shape index (κ3) is 0.824. The first kappa shape index (κ1) is 8.27. The van der Waals surface area contributed by atoms with Crippen LogP contribution in [0.1, 0.15) is 13.3 Å². The largest absolute Gasteiger partial charge is 0.396 e. The van der Waals surface area contributed by atoms with Crippen molar-refractivity contribution in [2.75, 3.05) is 13.2 Å². The van der Waals surface area contributed by atoms with Gasteiger partial charge in [0.2, 0.25) is 0 Å². The van der Waals surface area contributed by atoms with Gasteiger partial charge in [-0.25, -0.2) is 0 Å². The molecule has 0 aromatic carbocycles. The third-order valence-corrected chi connectivity index (χ3v) is 3.87. The molecular weight excluding hydrogens is 152 g/mol. The van der Waals surface area contributed by atoms with E-state index in [4.69, 9.17) is 0 Å². The average Bonchev–Trinajstić information content (AvgIpc) is 2.63. The van der Waals surface area contributed by atoms with E-state index in [0.29, 0.717) is 11.8 Å². The Morgan fingerprint density at radius 3 is 2.67 bits per heavy atom. The maximum atomic E-state index is 9.30. The first-order valence-electron chi connectivity index (χ1n) is 4.62. The molecule has 2 N–H and O–H groups in total. The predicted molar refractivity (Wildman–Crippen MR) is 46.5 cm³/mol. The Bertz CT molecular complexity index is 212. The lowest BCUT2D eigenvalue weighted by Crippen LogP contribution is -2.37. The molecule has 0 saturated heterocycles. The van der Waals surface area contributed by atoms with Crippen LogP contribution in [0.5, 0.6) is 0 Å². The summed E-state index contributed by atoms with van der Waals surface area (Å²) in [5, 5.41) is 18.5. The van der Waals surface area contributed by atoms with Crippen LogP contribution in [0.4, 0.5) is 0 Å². The summed E-state index contributed by atoms with van der Waals surface area (Å²) in [4.78, 5) is 0. The Morgan fingerprint density at radius 1 is 1.42 bits per heavy atom. The van der Waals surface area contributed by atoms with Crippen molar-refractivity contribution in [3.63, 3.8) is 0 Å². The molecular formula is C10H16O2. The summed E-state index contributed by atoms with van der Waals surface area (Å²) in [6.07, 6.45) is 5.53. The van der Waals surface area contributed by atoms with Gasteiger partial charge in [-0.05, 0) is 24.2 Å². The Labute approximate surface area is 72.9 Å². The van der Waals surface area contributed by atoms with Gasteiger partial charge >= 0.3 is 0 Å². The van der Waals surface area contributed by atoms with Gasteiger partial charge in [-0.1, -0.05) is 19.1 Å². The molecule has 1 fully saturated rings. The fraction of sp³-hybridized carbons (Fsp3) is 0.800. The van der Waals surface area contributed by atoms with Gasteiger partial charge in [0, 0.05) is 18.6 Å². The zero-order valence-electron chi connectivity index (χ0n) is 7.40. The quantitative estimate of drug-likeness (QED) is 0.599. The van der Waals surface area contributed by atoms with Crippen LogP contribution in [-0.4, -0.2) is 23.4 Å². The second-order valence-electron chi connectivity index (χ2n) is 4.34. The summed E-state index contributed by atoms with van der Waals surface area (Å²) in [5.74, 6) is 1.28. The van der Waals surface area contributed by atoms with E-state index in [2.05, 4.69) is 19.1 Å². The number of hydrogen-bond donors (Lipinski definition) is 2. The van der Waals surface area contributed by atoms with Crippen LogP contribution in [0, 0.1) is 23.2 Å². The summed E-state index contributed by atoms with van der Waals surface area (Å²) in [7, 11) is 0. The average molecular weight is 168 g/mol. The number of hydrogen-bond acceptors (Lipinski definition) is 2. The summed E-state index contributed by atoms with van der Waals surface area (Å²) in [5.41, 5.74) is -0.0613. The van der Waals surface area contributed by atoms with E-state index in [9.17, 15) is 10.2 Å². The van der Waals surface area contributed by atoms with E-state index in [-0.39, 0.29) is 24.5 Å². The van der Waals surface area contributed by atoms with Gasteiger partial charge in [0.1, 0.15) is 0 Å². The molecule has 0 aromatic heterocycles. The van der Waals surface area contributed by atoms with E-state index in [1.165, 1.54) is 0 Å². The molecule has 68 valence electrons. The van der Waals surface area contributed by atoms with Crippen molar-refractivity contribution in [3.8, 4) is 0 Å². The zero-order valence-corrected chi connectivity index (χ0v) is 7.40. The van der Waals surface area contributed by atoms with Crippen molar-refractivity contribution >= 4 is 0 Å². The van der Waals surface area contributed by atoms with Crippen LogP contribution in [-0.2, 0) is 0 Å². The number of aliphatic hydroxyl groups excluding tert-OH is 2. The van der Waals surface area contributed by atoms with Crippen molar-refractivity contribution in [2.45, 2.75) is 13.3 Å². The second kappa shape index (κ2) is 2.57. The molecule has 2 rings (SSSR count). The minimum absolute atomic E-state index is 0.0613. The van der Waals surface area contributed by atoms with E-state index in [1.807, 2.05) is 0 Å². The fourth-order valence-electron chi connectivity index (χ4n) is 2.86. The molecule has 2 nitrogen and oxygen atoms in total. The highest BCUT2D eigenvalue weighted by Gasteiger charge is 2.52. The molecule has 0 radical (unpaired) electrons. The number of fused-ring (bicyclic) bond motifs is 2. The van der Waals surface area contributed by atoms with Gasteiger partial charge in [-0.3, -0.25) is 0 Å². The molecule has 1 unspecified atom stereocenters. The number of allylic oxidation sites excluding steroid dienone is 2. The van der Waals surface area contributed by atoms with E-state index >= 15 is 0 Å². The standard InChI is InChI=1S/C10H16O2/c1-10(6-12)8-3-2-7(4-8)9(10)5-11/h2-3,7-9,11-12H,4-6H2,1H3/t7-,8?,9-,10-/m0/s1. The van der Waals surface area contributed by atoms with Gasteiger partial charge in [0.05, 0.1) is 0 Å². The summed E-state index contributed by atoms with van der Waals surface area (Å²) in [6, 6.07) is 0. The maximum Gasteiger partial charge on any atom is 0.0494 e. The highest BCUT2D eigenvalue weighted by molar-refractivity contribution is 5.17. The molecule has 2 heteroatoms. The Hall–Kier alpha value is -0.340. The summed E-state index contributed by atoms with van der Waals surface area (Å²) in [6.45, 7) is 2.49. The molecule has 2 bridgehead atoms. The van der Waals surface area contributed by atoms with Gasteiger partial charge in [0.15, 0.2) is 0 Å². The molecule has 0 heterocycles. The van der Waals surface area contributed by atoms with Gasteiger partial charge in [-0.2, -0.15) is 0 Å². The summed E-state index contributed by atoms with van der Waals surface area (Å²) < 4.78 is 0. The van der Waals surface area contributed by atoms with Crippen molar-refractivity contribution in [3.05, 3.63) is 12.2 Å². The molecule has 2 aliphatic carbocycles. The summed E-state index contributed by atoms with van der Waals surface area (Å²) >= 11 is 0. The maximum absolute atomic E-state index is 9.30. The van der Waals surface area contributed by atoms with Crippen LogP contribution in [0.3, 0.4) is 0 Å². The highest BCUT2D eigenvalue weighted by atomic mass is 16.3. The van der Waals surface area contributed by atoms with Crippen LogP contribution in [0.15, 0.2) is 12.2 Å². The molecule has 0 aliphatic heterocycles. The molecule has 1 saturated carbocycles. The van der Waals surface area contributed by atoms with Crippen LogP contribution in [0.25, 0.3) is 0 Å². The van der Waals surface area contributed by atoms with Crippen LogP contribution >= 0.6 is 0 Å². The molecule has 4 atom stereocenters. The lowest BCUT2D eigenvalue weighted by atomic mass is 9.71. The first-order chi connectivity index (χ1) is 5.72. The smallest absolute Gasteiger partial charge is 0.0494 e. The normalized spacial score (nSPS) is 50.4. The van der Waals surface area contributed by atoms with Crippen molar-refractivity contribution in [2.24, 2.45) is 23.2 Å². The second-order valence-corrected chi connectivity index (χ2v) is 4.34. The monoisotopic (exact) mass is 168 g/mol. The molecule has 0 spiro atoms. The topological polar surface area (TPSA) is 40.5 Å². The Balaban J connectivity index is 2.28. The Morgan fingerprint density at radius 2 is 2.17 bits per heavy atom. The van der Waals surface area contributed by atoms with Crippen molar-refractivity contribution in [1.82, 2.24) is 0 Å².